The summed E-state index contributed by atoms with van der Waals surface area (Å²) in [5.41, 5.74) is 3.18. The minimum atomic E-state index is -0.306. The van der Waals surface area contributed by atoms with E-state index in [1.54, 1.807) is 0 Å². The highest BCUT2D eigenvalue weighted by Crippen LogP contribution is 2.34. The van der Waals surface area contributed by atoms with Crippen molar-refractivity contribution < 1.29 is 9.59 Å². The number of aromatic nitrogens is 1. The summed E-state index contributed by atoms with van der Waals surface area (Å²) < 4.78 is 2.09. The number of para-hydroxylation sites is 1. The number of piperidine rings is 1. The third-order valence-electron chi connectivity index (χ3n) is 4.03. The first-order chi connectivity index (χ1) is 9.09. The molecule has 2 heterocycles. The highest BCUT2D eigenvalue weighted by molar-refractivity contribution is 6.01. The number of nitrogens with one attached hydrogen (secondary N) is 1. The van der Waals surface area contributed by atoms with Crippen LogP contribution in [-0.2, 0) is 16.6 Å². The Morgan fingerprint density at radius 3 is 2.79 bits per heavy atom. The smallest absolute Gasteiger partial charge is 0.221 e. The van der Waals surface area contributed by atoms with E-state index in [0.29, 0.717) is 0 Å². The van der Waals surface area contributed by atoms with Gasteiger partial charge in [0.15, 0.2) is 5.78 Å². The number of amides is 1. The molecular formula is C15H16N2O2. The Morgan fingerprint density at radius 1 is 1.26 bits per heavy atom. The molecule has 1 fully saturated rings. The lowest BCUT2D eigenvalue weighted by Crippen LogP contribution is -2.40. The van der Waals surface area contributed by atoms with Gasteiger partial charge < -0.3 is 9.88 Å². The zero-order valence-electron chi connectivity index (χ0n) is 11.1. The summed E-state index contributed by atoms with van der Waals surface area (Å²) in [4.78, 5) is 23.7. The number of nitrogens with zero attached hydrogens (tertiary/aromatic N) is 1. The highest BCUT2D eigenvalue weighted by Gasteiger charge is 2.32. The fourth-order valence-electron chi connectivity index (χ4n) is 2.93. The van der Waals surface area contributed by atoms with E-state index in [9.17, 15) is 9.59 Å². The summed E-state index contributed by atoms with van der Waals surface area (Å²) in [7, 11) is 1.99. The number of rotatable bonds is 1. The van der Waals surface area contributed by atoms with Gasteiger partial charge in [0.2, 0.25) is 5.91 Å². The van der Waals surface area contributed by atoms with E-state index in [1.807, 2.05) is 38.2 Å². The van der Waals surface area contributed by atoms with Crippen molar-refractivity contribution in [3.05, 3.63) is 35.5 Å². The third kappa shape index (κ3) is 1.75. The van der Waals surface area contributed by atoms with Gasteiger partial charge in [-0.05, 0) is 18.6 Å². The Balaban J connectivity index is 2.22. The van der Waals surface area contributed by atoms with Gasteiger partial charge in [-0.25, -0.2) is 0 Å². The normalized spacial score (nSPS) is 19.8. The third-order valence-corrected chi connectivity index (χ3v) is 4.03. The van der Waals surface area contributed by atoms with Gasteiger partial charge in [-0.3, -0.25) is 9.59 Å². The van der Waals surface area contributed by atoms with Gasteiger partial charge in [0.25, 0.3) is 0 Å². The number of carbonyl (C=O) groups excluding carboxylic acids is 2. The lowest BCUT2D eigenvalue weighted by Gasteiger charge is -2.21. The van der Waals surface area contributed by atoms with Crippen LogP contribution < -0.4 is 5.32 Å². The minimum absolute atomic E-state index is 0.0445. The Kier molecular flexibility index (Phi) is 2.66. The van der Waals surface area contributed by atoms with E-state index in [0.717, 1.165) is 22.2 Å². The van der Waals surface area contributed by atoms with Crippen molar-refractivity contribution >= 4 is 22.6 Å². The molecule has 19 heavy (non-hydrogen) atoms. The molecule has 1 aliphatic heterocycles. The van der Waals surface area contributed by atoms with Crippen LogP contribution in [0.3, 0.4) is 0 Å². The molecule has 1 aromatic heterocycles. The van der Waals surface area contributed by atoms with Crippen LogP contribution in [0, 0.1) is 6.92 Å². The Labute approximate surface area is 111 Å². The Bertz CT molecular complexity index is 685. The molecular weight excluding hydrogens is 240 g/mol. The van der Waals surface area contributed by atoms with Crippen molar-refractivity contribution in [3.8, 4) is 0 Å². The van der Waals surface area contributed by atoms with E-state index in [1.165, 1.54) is 0 Å². The number of ketones is 1. The summed E-state index contributed by atoms with van der Waals surface area (Å²) in [6.45, 7) is 2.15. The number of hydrogen-bond acceptors (Lipinski definition) is 2. The number of carbonyl (C=O) groups is 2. The van der Waals surface area contributed by atoms with E-state index in [4.69, 9.17) is 0 Å². The molecule has 0 saturated carbocycles. The minimum Gasteiger partial charge on any atom is -0.349 e. The van der Waals surface area contributed by atoms with Crippen LogP contribution in [0.25, 0.3) is 10.9 Å². The second kappa shape index (κ2) is 4.23. The quantitative estimate of drug-likeness (QED) is 0.843. The maximum absolute atomic E-state index is 12.1. The van der Waals surface area contributed by atoms with E-state index in [2.05, 4.69) is 9.88 Å². The van der Waals surface area contributed by atoms with Gasteiger partial charge in [-0.15, -0.1) is 0 Å². The number of Topliss-reactive ketones (excluding diaryl/α,β-unsaturated/α-hetero) is 1. The monoisotopic (exact) mass is 256 g/mol. The molecule has 2 aromatic rings. The van der Waals surface area contributed by atoms with Crippen LogP contribution in [-0.4, -0.2) is 22.8 Å². The van der Waals surface area contributed by atoms with Crippen molar-refractivity contribution in [3.63, 3.8) is 0 Å². The second-order valence-electron chi connectivity index (χ2n) is 5.08. The topological polar surface area (TPSA) is 51.1 Å². The molecule has 0 bridgehead atoms. The SMILES string of the molecule is Cc1c(C2CC(=O)NCC2=O)c2ccccc2n1C. The lowest BCUT2D eigenvalue weighted by molar-refractivity contribution is -0.131. The number of hydrogen-bond donors (Lipinski definition) is 1. The van der Waals surface area contributed by atoms with Crippen LogP contribution in [0.1, 0.15) is 23.6 Å². The molecule has 0 aliphatic carbocycles. The first-order valence-corrected chi connectivity index (χ1v) is 6.43. The Morgan fingerprint density at radius 2 is 2.00 bits per heavy atom. The zero-order chi connectivity index (χ0) is 13.6. The molecule has 1 aromatic carbocycles. The number of fused-ring (bicyclic) bond motifs is 1. The zero-order valence-corrected chi connectivity index (χ0v) is 11.1. The van der Waals surface area contributed by atoms with Crippen molar-refractivity contribution in [1.82, 2.24) is 9.88 Å². The maximum atomic E-state index is 12.1. The van der Waals surface area contributed by atoms with Gasteiger partial charge in [0, 0.05) is 30.1 Å². The van der Waals surface area contributed by atoms with Gasteiger partial charge in [0.1, 0.15) is 0 Å². The van der Waals surface area contributed by atoms with Crippen LogP contribution in [0.15, 0.2) is 24.3 Å². The second-order valence-corrected chi connectivity index (χ2v) is 5.08. The molecule has 0 spiro atoms. The maximum Gasteiger partial charge on any atom is 0.221 e. The van der Waals surface area contributed by atoms with E-state index in [-0.39, 0.29) is 30.6 Å². The van der Waals surface area contributed by atoms with Gasteiger partial charge >= 0.3 is 0 Å². The summed E-state index contributed by atoms with van der Waals surface area (Å²) in [6.07, 6.45) is 0.258. The molecule has 3 rings (SSSR count). The standard InChI is InChI=1S/C15H16N2O2/c1-9-15(11-7-14(19)16-8-13(11)18)10-5-3-4-6-12(10)17(9)2/h3-6,11H,7-8H2,1-2H3,(H,16,19). The summed E-state index contributed by atoms with van der Waals surface area (Å²) in [5, 5.41) is 3.69. The lowest BCUT2D eigenvalue weighted by atomic mass is 9.87. The first-order valence-electron chi connectivity index (χ1n) is 6.43. The first kappa shape index (κ1) is 12.0. The van der Waals surface area contributed by atoms with Crippen molar-refractivity contribution in [2.24, 2.45) is 7.05 Å². The van der Waals surface area contributed by atoms with Crippen molar-refractivity contribution in [2.45, 2.75) is 19.3 Å². The molecule has 1 amide bonds. The summed E-state index contributed by atoms with van der Waals surface area (Å²) in [6, 6.07) is 8.02. The molecule has 1 unspecified atom stereocenters. The van der Waals surface area contributed by atoms with Gasteiger partial charge in [0.05, 0.1) is 12.5 Å². The molecule has 1 N–H and O–H groups in total. The summed E-state index contributed by atoms with van der Waals surface area (Å²) in [5.74, 6) is -0.254. The van der Waals surface area contributed by atoms with Crippen LogP contribution in [0.5, 0.6) is 0 Å². The van der Waals surface area contributed by atoms with Crippen LogP contribution >= 0.6 is 0 Å². The highest BCUT2D eigenvalue weighted by atomic mass is 16.2. The number of aryl methyl sites for hydroxylation is 1. The summed E-state index contributed by atoms with van der Waals surface area (Å²) >= 11 is 0. The molecule has 98 valence electrons. The van der Waals surface area contributed by atoms with E-state index < -0.39 is 0 Å². The molecule has 1 atom stereocenters. The predicted octanol–water partition coefficient (Wildman–Crippen LogP) is 1.66. The molecule has 0 radical (unpaired) electrons. The predicted molar refractivity (Wildman–Crippen MR) is 73.0 cm³/mol. The number of benzene rings is 1. The van der Waals surface area contributed by atoms with E-state index >= 15 is 0 Å². The fourth-order valence-corrected chi connectivity index (χ4v) is 2.93. The molecule has 4 heteroatoms. The van der Waals surface area contributed by atoms with Gasteiger partial charge in [-0.2, -0.15) is 0 Å². The fraction of sp³-hybridized carbons (Fsp3) is 0.333. The average molecular weight is 256 g/mol. The Hall–Kier alpha value is -2.10. The molecule has 1 aliphatic rings. The average Bonchev–Trinajstić information content (AvgIpc) is 2.66. The van der Waals surface area contributed by atoms with Crippen molar-refractivity contribution in [2.75, 3.05) is 6.54 Å². The molecule has 4 nitrogen and oxygen atoms in total. The van der Waals surface area contributed by atoms with Crippen LogP contribution in [0.4, 0.5) is 0 Å². The van der Waals surface area contributed by atoms with Crippen LogP contribution in [0.2, 0.25) is 0 Å². The molecule has 1 saturated heterocycles. The van der Waals surface area contributed by atoms with Gasteiger partial charge in [-0.1, -0.05) is 18.2 Å². The largest absolute Gasteiger partial charge is 0.349 e. The van der Waals surface area contributed by atoms with Crippen molar-refractivity contribution in [1.29, 1.82) is 0 Å².